The molecule has 1 aliphatic heterocycles. The van der Waals surface area contributed by atoms with Gasteiger partial charge in [-0.3, -0.25) is 9.59 Å². The van der Waals surface area contributed by atoms with E-state index in [1.165, 1.54) is 0 Å². The summed E-state index contributed by atoms with van der Waals surface area (Å²) in [4.78, 5) is 29.8. The molecule has 0 aromatic carbocycles. The molecule has 0 saturated carbocycles. The van der Waals surface area contributed by atoms with Crippen LogP contribution in [0.4, 0.5) is 13.2 Å². The number of hydrogen-bond donors (Lipinski definition) is 4. The Morgan fingerprint density at radius 1 is 1.13 bits per heavy atom. The monoisotopic (exact) mass is 361 g/mol. The van der Waals surface area contributed by atoms with Gasteiger partial charge in [-0.2, -0.15) is 24.9 Å². The summed E-state index contributed by atoms with van der Waals surface area (Å²) >= 11 is 1.74. The van der Waals surface area contributed by atoms with Crippen molar-refractivity contribution < 1.29 is 42.9 Å². The molecule has 0 unspecified atom stereocenters. The second-order valence-corrected chi connectivity index (χ2v) is 6.09. The van der Waals surface area contributed by atoms with Gasteiger partial charge < -0.3 is 20.6 Å². The first-order valence-corrected chi connectivity index (χ1v) is 7.68. The first-order valence-electron chi connectivity index (χ1n) is 6.63. The van der Waals surface area contributed by atoms with E-state index in [1.54, 1.807) is 11.8 Å². The number of nitrogens with one attached hydrogen (secondary N) is 1. The Labute approximate surface area is 134 Å². The fraction of sp³-hybridized carbons (Fsp3) is 0.750. The summed E-state index contributed by atoms with van der Waals surface area (Å²) in [6.45, 7) is 0.737. The summed E-state index contributed by atoms with van der Waals surface area (Å²) in [6.07, 6.45) is -2.61. The summed E-state index contributed by atoms with van der Waals surface area (Å²) in [5.74, 6) is -3.38. The predicted molar refractivity (Wildman–Crippen MR) is 75.5 cm³/mol. The third-order valence-corrected chi connectivity index (χ3v) is 4.12. The Morgan fingerprint density at radius 3 is 2.09 bits per heavy atom. The molecule has 1 saturated heterocycles. The molecule has 0 amide bonds. The molecule has 1 rings (SSSR count). The first-order chi connectivity index (χ1) is 10.5. The van der Waals surface area contributed by atoms with Crippen molar-refractivity contribution in [1.29, 1.82) is 0 Å². The van der Waals surface area contributed by atoms with Gasteiger partial charge >= 0.3 is 24.1 Å². The number of halogens is 3. The molecule has 0 spiro atoms. The molecule has 0 bridgehead atoms. The number of carbonyl (C=O) groups is 3. The Kier molecular flexibility index (Phi) is 9.65. The van der Waals surface area contributed by atoms with E-state index in [2.05, 4.69) is 5.32 Å². The zero-order chi connectivity index (χ0) is 18.0. The second-order valence-electron chi connectivity index (χ2n) is 4.68. The zero-order valence-electron chi connectivity index (χ0n) is 12.0. The van der Waals surface area contributed by atoms with Crippen molar-refractivity contribution in [2.24, 2.45) is 0 Å². The van der Waals surface area contributed by atoms with Gasteiger partial charge in [0.25, 0.3) is 0 Å². The summed E-state index contributed by atoms with van der Waals surface area (Å²) in [5, 5.41) is 27.6. The van der Waals surface area contributed by atoms with Crippen molar-refractivity contribution in [2.75, 3.05) is 12.3 Å². The van der Waals surface area contributed by atoms with Gasteiger partial charge in [-0.05, 0) is 25.0 Å². The van der Waals surface area contributed by atoms with E-state index in [-0.39, 0.29) is 6.42 Å². The van der Waals surface area contributed by atoms with E-state index >= 15 is 0 Å². The Hall–Kier alpha value is -1.49. The third kappa shape index (κ3) is 10.8. The van der Waals surface area contributed by atoms with E-state index in [1.807, 2.05) is 0 Å². The molecule has 4 N–H and O–H groups in total. The van der Waals surface area contributed by atoms with Crippen LogP contribution in [0.5, 0.6) is 0 Å². The van der Waals surface area contributed by atoms with Crippen LogP contribution in [0.2, 0.25) is 0 Å². The highest BCUT2D eigenvalue weighted by Crippen LogP contribution is 2.22. The van der Waals surface area contributed by atoms with Gasteiger partial charge in [0.2, 0.25) is 0 Å². The summed E-state index contributed by atoms with van der Waals surface area (Å²) < 4.78 is 31.7. The SMILES string of the molecule is O=C(O)C(F)(F)F.O=C(O)CCCCS[C@H]1CN[C@H](C(=O)O)C1. The first kappa shape index (κ1) is 21.5. The molecule has 11 heteroatoms. The van der Waals surface area contributed by atoms with E-state index < -0.39 is 30.1 Å². The fourth-order valence-electron chi connectivity index (χ4n) is 1.65. The number of alkyl halides is 3. The molecule has 0 aliphatic carbocycles. The number of unbranched alkanes of at least 4 members (excludes halogenated alkanes) is 1. The maximum absolute atomic E-state index is 10.7. The van der Waals surface area contributed by atoms with Gasteiger partial charge in [-0.1, -0.05) is 0 Å². The standard InChI is InChI=1S/C10H17NO4S.C2HF3O2/c12-9(13)3-1-2-4-16-7-5-8(10(14)15)11-6-7;3-2(4,5)1(6)7/h7-8,11H,1-6H2,(H,12,13)(H,14,15);(H,6,7)/t7-,8+;/m1./s1. The van der Waals surface area contributed by atoms with Crippen LogP contribution in [0.1, 0.15) is 25.7 Å². The maximum atomic E-state index is 10.7. The van der Waals surface area contributed by atoms with Crippen LogP contribution < -0.4 is 5.32 Å². The van der Waals surface area contributed by atoms with Crippen LogP contribution in [0.3, 0.4) is 0 Å². The van der Waals surface area contributed by atoms with Crippen molar-refractivity contribution in [3.05, 3.63) is 0 Å². The second kappa shape index (κ2) is 10.3. The van der Waals surface area contributed by atoms with Gasteiger partial charge in [-0.25, -0.2) is 4.79 Å². The lowest BCUT2D eigenvalue weighted by atomic mass is 10.2. The number of hydrogen-bond acceptors (Lipinski definition) is 5. The van der Waals surface area contributed by atoms with Gasteiger partial charge in [0.05, 0.1) is 0 Å². The van der Waals surface area contributed by atoms with Crippen molar-refractivity contribution >= 4 is 29.7 Å². The van der Waals surface area contributed by atoms with Crippen molar-refractivity contribution in [3.63, 3.8) is 0 Å². The normalized spacial score (nSPS) is 20.5. The molecular formula is C12H18F3NO6S. The van der Waals surface area contributed by atoms with Crippen LogP contribution in [-0.2, 0) is 14.4 Å². The molecular weight excluding hydrogens is 343 g/mol. The Bertz CT molecular complexity index is 418. The predicted octanol–water partition coefficient (Wildman–Crippen LogP) is 1.42. The van der Waals surface area contributed by atoms with Gasteiger partial charge in [-0.15, -0.1) is 0 Å². The van der Waals surface area contributed by atoms with E-state index in [9.17, 15) is 22.8 Å². The molecule has 0 radical (unpaired) electrons. The van der Waals surface area contributed by atoms with E-state index in [4.69, 9.17) is 20.1 Å². The Morgan fingerprint density at radius 2 is 1.70 bits per heavy atom. The number of rotatable bonds is 7. The quantitative estimate of drug-likeness (QED) is 0.502. The molecule has 0 aromatic heterocycles. The van der Waals surface area contributed by atoms with Crippen molar-refractivity contribution in [2.45, 2.75) is 43.2 Å². The summed E-state index contributed by atoms with van der Waals surface area (Å²) in [6, 6.07) is -0.406. The van der Waals surface area contributed by atoms with Crippen LogP contribution >= 0.6 is 11.8 Å². The van der Waals surface area contributed by atoms with Crippen LogP contribution in [0, 0.1) is 0 Å². The van der Waals surface area contributed by atoms with E-state index in [0.29, 0.717) is 18.1 Å². The minimum atomic E-state index is -5.08. The molecule has 2 atom stereocenters. The molecule has 134 valence electrons. The Balaban J connectivity index is 0.000000585. The van der Waals surface area contributed by atoms with Gasteiger partial charge in [0.1, 0.15) is 6.04 Å². The largest absolute Gasteiger partial charge is 0.490 e. The molecule has 23 heavy (non-hydrogen) atoms. The smallest absolute Gasteiger partial charge is 0.481 e. The minimum Gasteiger partial charge on any atom is -0.481 e. The van der Waals surface area contributed by atoms with Crippen LogP contribution in [0.15, 0.2) is 0 Å². The lowest BCUT2D eigenvalue weighted by molar-refractivity contribution is -0.192. The zero-order valence-corrected chi connectivity index (χ0v) is 12.8. The maximum Gasteiger partial charge on any atom is 0.490 e. The van der Waals surface area contributed by atoms with Crippen molar-refractivity contribution in [1.82, 2.24) is 5.32 Å². The van der Waals surface area contributed by atoms with E-state index in [0.717, 1.165) is 18.7 Å². The lowest BCUT2D eigenvalue weighted by Crippen LogP contribution is -2.29. The highest BCUT2D eigenvalue weighted by molar-refractivity contribution is 7.99. The average Bonchev–Trinajstić information content (AvgIpc) is 2.86. The topological polar surface area (TPSA) is 124 Å². The third-order valence-electron chi connectivity index (χ3n) is 2.77. The molecule has 1 aliphatic rings. The van der Waals surface area contributed by atoms with Gasteiger partial charge in [0, 0.05) is 18.2 Å². The molecule has 1 fully saturated rings. The molecule has 7 nitrogen and oxygen atoms in total. The van der Waals surface area contributed by atoms with Crippen molar-refractivity contribution in [3.8, 4) is 0 Å². The number of thioether (sulfide) groups is 1. The molecule has 1 heterocycles. The highest BCUT2D eigenvalue weighted by Gasteiger charge is 2.38. The summed E-state index contributed by atoms with van der Waals surface area (Å²) in [7, 11) is 0. The molecule has 0 aromatic rings. The van der Waals surface area contributed by atoms with Crippen LogP contribution in [0.25, 0.3) is 0 Å². The average molecular weight is 361 g/mol. The lowest BCUT2D eigenvalue weighted by Gasteiger charge is -2.07. The number of carboxylic acid groups (broad SMARTS) is 3. The number of carboxylic acids is 3. The fourth-order valence-corrected chi connectivity index (χ4v) is 2.89. The minimum absolute atomic E-state index is 0.223. The van der Waals surface area contributed by atoms with Gasteiger partial charge in [0.15, 0.2) is 0 Å². The highest BCUT2D eigenvalue weighted by atomic mass is 32.2. The summed E-state index contributed by atoms with van der Waals surface area (Å²) in [5.41, 5.74) is 0. The number of aliphatic carboxylic acids is 3. The van der Waals surface area contributed by atoms with Crippen LogP contribution in [-0.4, -0.2) is 63.0 Å².